The number of carbonyl (C=O) groups is 2. The van der Waals surface area contributed by atoms with Crippen LogP contribution in [-0.2, 0) is 32.4 Å². The highest BCUT2D eigenvalue weighted by atomic mass is 32.2. The maximum Gasteiger partial charge on any atom is 0.310 e. The van der Waals surface area contributed by atoms with Crippen LogP contribution in [0, 0.1) is 5.82 Å². The molecular formula is C20H20FNO5S. The van der Waals surface area contributed by atoms with E-state index in [0.29, 0.717) is 29.8 Å². The fraction of sp³-hybridized carbons (Fsp3) is 0.300. The standard InChI is InChI=1S/C20H20FNO5S/c1-2-28(25,26)22-9-8-15-12-16(6-7-18(15)22)19(23)13-27-20(24)11-14-4-3-5-17(21)10-14/h3-7,10,12H,2,8-9,11,13H2,1H3. The molecular weight excluding hydrogens is 385 g/mol. The van der Waals surface area contributed by atoms with Gasteiger partial charge in [0.05, 0.1) is 17.9 Å². The third kappa shape index (κ3) is 4.39. The summed E-state index contributed by atoms with van der Waals surface area (Å²) in [5.41, 5.74) is 2.18. The lowest BCUT2D eigenvalue weighted by molar-refractivity contribution is -0.141. The summed E-state index contributed by atoms with van der Waals surface area (Å²) in [7, 11) is -3.35. The van der Waals surface area contributed by atoms with Crippen molar-refractivity contribution < 1.29 is 27.1 Å². The molecule has 148 valence electrons. The number of esters is 1. The number of fused-ring (bicyclic) bond motifs is 1. The first kappa shape index (κ1) is 20.0. The molecule has 0 aliphatic carbocycles. The van der Waals surface area contributed by atoms with Gasteiger partial charge in [0.1, 0.15) is 5.82 Å². The normalized spacial score (nSPS) is 13.3. The average molecular weight is 405 g/mol. The van der Waals surface area contributed by atoms with Crippen molar-refractivity contribution in [3.63, 3.8) is 0 Å². The van der Waals surface area contributed by atoms with Gasteiger partial charge in [-0.2, -0.15) is 0 Å². The molecule has 6 nitrogen and oxygen atoms in total. The molecule has 0 saturated heterocycles. The van der Waals surface area contributed by atoms with Crippen LogP contribution < -0.4 is 4.31 Å². The highest BCUT2D eigenvalue weighted by molar-refractivity contribution is 7.92. The summed E-state index contributed by atoms with van der Waals surface area (Å²) in [6.45, 7) is 1.51. The maximum absolute atomic E-state index is 13.1. The number of rotatable bonds is 7. The second kappa shape index (κ2) is 8.10. The molecule has 0 N–H and O–H groups in total. The molecule has 0 bridgehead atoms. The molecule has 1 heterocycles. The number of nitrogens with zero attached hydrogens (tertiary/aromatic N) is 1. The Kier molecular flexibility index (Phi) is 5.79. The van der Waals surface area contributed by atoms with E-state index < -0.39 is 28.4 Å². The fourth-order valence-electron chi connectivity index (χ4n) is 3.08. The van der Waals surface area contributed by atoms with Crippen LogP contribution in [0.25, 0.3) is 0 Å². The average Bonchev–Trinajstić information content (AvgIpc) is 3.10. The summed E-state index contributed by atoms with van der Waals surface area (Å²) < 4.78 is 43.7. The predicted octanol–water partition coefficient (Wildman–Crippen LogP) is 2.51. The number of Topliss-reactive ketones (excluding diaryl/α,β-unsaturated/α-hetero) is 1. The molecule has 1 aliphatic heterocycles. The minimum Gasteiger partial charge on any atom is -0.457 e. The molecule has 0 radical (unpaired) electrons. The molecule has 0 amide bonds. The van der Waals surface area contributed by atoms with Gasteiger partial charge in [-0.3, -0.25) is 13.9 Å². The van der Waals surface area contributed by atoms with Crippen molar-refractivity contribution in [3.8, 4) is 0 Å². The Bertz CT molecular complexity index is 1020. The number of halogens is 1. The number of ketones is 1. The largest absolute Gasteiger partial charge is 0.457 e. The van der Waals surface area contributed by atoms with Crippen molar-refractivity contribution in [2.45, 2.75) is 19.8 Å². The predicted molar refractivity (Wildman–Crippen MR) is 102 cm³/mol. The summed E-state index contributed by atoms with van der Waals surface area (Å²) in [5.74, 6) is -1.44. The van der Waals surface area contributed by atoms with Crippen molar-refractivity contribution in [2.75, 3.05) is 23.2 Å². The summed E-state index contributed by atoms with van der Waals surface area (Å²) >= 11 is 0. The van der Waals surface area contributed by atoms with E-state index in [-0.39, 0.29) is 18.0 Å². The van der Waals surface area contributed by atoms with Crippen molar-refractivity contribution in [1.29, 1.82) is 0 Å². The lowest BCUT2D eigenvalue weighted by atomic mass is 10.1. The quantitative estimate of drug-likeness (QED) is 0.522. The van der Waals surface area contributed by atoms with Crippen LogP contribution in [0.15, 0.2) is 42.5 Å². The van der Waals surface area contributed by atoms with E-state index in [1.165, 1.54) is 28.6 Å². The zero-order valence-electron chi connectivity index (χ0n) is 15.4. The number of hydrogen-bond acceptors (Lipinski definition) is 5. The summed E-state index contributed by atoms with van der Waals surface area (Å²) in [4.78, 5) is 24.2. The minimum atomic E-state index is -3.35. The van der Waals surface area contributed by atoms with E-state index in [1.54, 1.807) is 25.1 Å². The highest BCUT2D eigenvalue weighted by Gasteiger charge is 2.28. The smallest absolute Gasteiger partial charge is 0.310 e. The molecule has 0 unspecified atom stereocenters. The first-order valence-corrected chi connectivity index (χ1v) is 10.5. The Morgan fingerprint density at radius 2 is 1.96 bits per heavy atom. The van der Waals surface area contributed by atoms with E-state index in [9.17, 15) is 22.4 Å². The lowest BCUT2D eigenvalue weighted by Crippen LogP contribution is -2.30. The Hall–Kier alpha value is -2.74. The monoisotopic (exact) mass is 405 g/mol. The highest BCUT2D eigenvalue weighted by Crippen LogP contribution is 2.31. The van der Waals surface area contributed by atoms with Crippen LogP contribution in [0.3, 0.4) is 0 Å². The van der Waals surface area contributed by atoms with Crippen molar-refractivity contribution in [1.82, 2.24) is 0 Å². The molecule has 0 aromatic heterocycles. The lowest BCUT2D eigenvalue weighted by Gasteiger charge is -2.18. The van der Waals surface area contributed by atoms with E-state index >= 15 is 0 Å². The first-order valence-electron chi connectivity index (χ1n) is 8.87. The molecule has 28 heavy (non-hydrogen) atoms. The van der Waals surface area contributed by atoms with E-state index in [1.807, 2.05) is 0 Å². The molecule has 0 atom stereocenters. The second-order valence-electron chi connectivity index (χ2n) is 6.46. The van der Waals surface area contributed by atoms with Crippen molar-refractivity contribution in [2.24, 2.45) is 0 Å². The summed E-state index contributed by atoms with van der Waals surface area (Å²) in [6, 6.07) is 10.4. The van der Waals surface area contributed by atoms with Crippen molar-refractivity contribution in [3.05, 3.63) is 65.0 Å². The molecule has 1 aliphatic rings. The summed E-state index contributed by atoms with van der Waals surface area (Å²) in [6.07, 6.45) is 0.397. The van der Waals surface area contributed by atoms with Gasteiger partial charge in [-0.15, -0.1) is 0 Å². The maximum atomic E-state index is 13.1. The number of benzene rings is 2. The Morgan fingerprint density at radius 1 is 1.18 bits per heavy atom. The molecule has 2 aromatic rings. The fourth-order valence-corrected chi connectivity index (χ4v) is 4.24. The number of sulfonamides is 1. The van der Waals surface area contributed by atoms with Gasteiger partial charge in [0.2, 0.25) is 10.0 Å². The van der Waals surface area contributed by atoms with E-state index in [0.717, 1.165) is 5.56 Å². The van der Waals surface area contributed by atoms with Crippen molar-refractivity contribution >= 4 is 27.5 Å². The van der Waals surface area contributed by atoms with Gasteiger partial charge in [-0.25, -0.2) is 12.8 Å². The second-order valence-corrected chi connectivity index (χ2v) is 8.64. The van der Waals surface area contributed by atoms with E-state index in [4.69, 9.17) is 4.74 Å². The van der Waals surface area contributed by atoms with Gasteiger partial charge in [0.15, 0.2) is 12.4 Å². The van der Waals surface area contributed by atoms with Crippen LogP contribution in [-0.4, -0.2) is 39.1 Å². The zero-order chi connectivity index (χ0) is 20.3. The van der Waals surface area contributed by atoms with Gasteiger partial charge in [0.25, 0.3) is 0 Å². The Labute approximate surface area is 163 Å². The van der Waals surface area contributed by atoms with Crippen LogP contribution in [0.5, 0.6) is 0 Å². The van der Waals surface area contributed by atoms with Gasteiger partial charge in [-0.05, 0) is 54.8 Å². The van der Waals surface area contributed by atoms with E-state index in [2.05, 4.69) is 0 Å². The molecule has 3 rings (SSSR count). The number of carbonyl (C=O) groups excluding carboxylic acids is 2. The number of anilines is 1. The first-order chi connectivity index (χ1) is 13.3. The Balaban J connectivity index is 1.62. The molecule has 0 spiro atoms. The third-order valence-corrected chi connectivity index (χ3v) is 6.34. The van der Waals surface area contributed by atoms with Crippen LogP contribution in [0.1, 0.15) is 28.4 Å². The third-order valence-electron chi connectivity index (χ3n) is 4.56. The number of hydrogen-bond donors (Lipinski definition) is 0. The molecule has 2 aromatic carbocycles. The SMILES string of the molecule is CCS(=O)(=O)N1CCc2cc(C(=O)COC(=O)Cc3cccc(F)c3)ccc21. The summed E-state index contributed by atoms with van der Waals surface area (Å²) in [5, 5.41) is 0. The van der Waals surface area contributed by atoms with Crippen LogP contribution in [0.2, 0.25) is 0 Å². The van der Waals surface area contributed by atoms with Crippen LogP contribution >= 0.6 is 0 Å². The topological polar surface area (TPSA) is 80.8 Å². The Morgan fingerprint density at radius 3 is 2.68 bits per heavy atom. The molecule has 0 fully saturated rings. The van der Waals surface area contributed by atoms with Gasteiger partial charge >= 0.3 is 5.97 Å². The van der Waals surface area contributed by atoms with Gasteiger partial charge in [-0.1, -0.05) is 12.1 Å². The zero-order valence-corrected chi connectivity index (χ0v) is 16.2. The van der Waals surface area contributed by atoms with Crippen LogP contribution in [0.4, 0.5) is 10.1 Å². The molecule has 8 heteroatoms. The number of ether oxygens (including phenoxy) is 1. The molecule has 0 saturated carbocycles. The minimum absolute atomic E-state index is 0.00832. The van der Waals surface area contributed by atoms with Gasteiger partial charge in [0, 0.05) is 12.1 Å². The van der Waals surface area contributed by atoms with Gasteiger partial charge < -0.3 is 4.74 Å².